The van der Waals surface area contributed by atoms with Crippen LogP contribution in [0.1, 0.15) is 58.6 Å². The van der Waals surface area contributed by atoms with Crippen LogP contribution in [0.4, 0.5) is 11.4 Å². The first-order chi connectivity index (χ1) is 23.8. The molecule has 2 aromatic carbocycles. The van der Waals surface area contributed by atoms with Crippen molar-refractivity contribution < 1.29 is 23.6 Å². The maximum absolute atomic E-state index is 14.0. The third-order valence-corrected chi connectivity index (χ3v) is 8.69. The summed E-state index contributed by atoms with van der Waals surface area (Å²) >= 11 is 0. The quantitative estimate of drug-likeness (QED) is 0.121. The highest BCUT2D eigenvalue weighted by Crippen LogP contribution is 2.25. The van der Waals surface area contributed by atoms with Gasteiger partial charge in [-0.25, -0.2) is 0 Å². The molecule has 3 amide bonds. The van der Waals surface area contributed by atoms with E-state index in [-0.39, 0.29) is 40.9 Å². The second-order valence-electron chi connectivity index (χ2n) is 12.2. The molecule has 2 saturated heterocycles. The number of benzene rings is 2. The lowest BCUT2D eigenvalue weighted by molar-refractivity contribution is -0.140. The van der Waals surface area contributed by atoms with Crippen LogP contribution in [0.25, 0.3) is 11.0 Å². The zero-order valence-electron chi connectivity index (χ0n) is 27.2. The van der Waals surface area contributed by atoms with Crippen molar-refractivity contribution in [3.8, 4) is 6.07 Å². The van der Waals surface area contributed by atoms with Crippen LogP contribution < -0.4 is 16.0 Å². The van der Waals surface area contributed by atoms with E-state index in [9.17, 15) is 24.4 Å². The number of fused-ring (bicyclic) bond motifs is 1. The fraction of sp³-hybridized carbons (Fsp3) is 0.297. The summed E-state index contributed by atoms with van der Waals surface area (Å²) in [6.45, 7) is 3.66. The van der Waals surface area contributed by atoms with E-state index in [0.29, 0.717) is 49.4 Å². The van der Waals surface area contributed by atoms with Crippen LogP contribution in [-0.4, -0.2) is 70.5 Å². The lowest BCUT2D eigenvalue weighted by atomic mass is 10.0. The second kappa shape index (κ2) is 14.9. The Morgan fingerprint density at radius 2 is 1.73 bits per heavy atom. The standard InChI is InChI=1S/C37H37N7O5/c1-24-18-27-20-28(12-13-32(27)49-24)40-35(42-31-11-2-3-17-44(37(31)48)23-33(45)43-15-4-5-16-43)30(21-38)34(46)25-8-6-9-26(19-25)36(47)41-29-10-7-14-39-22-29/h6-10,12-14,18-20,22,31,40,42H,2-5,11,15-17,23H2,1H3,(H,41,47)/b35-30+/t31-/m0/s1. The predicted molar refractivity (Wildman–Crippen MR) is 183 cm³/mol. The number of furan rings is 1. The zero-order valence-corrected chi connectivity index (χ0v) is 27.2. The van der Waals surface area contributed by atoms with Gasteiger partial charge >= 0.3 is 0 Å². The lowest BCUT2D eigenvalue weighted by Gasteiger charge is -2.28. The number of carbonyl (C=O) groups excluding carboxylic acids is 4. The summed E-state index contributed by atoms with van der Waals surface area (Å²) in [4.78, 5) is 61.3. The normalized spacial score (nSPS) is 16.8. The van der Waals surface area contributed by atoms with Gasteiger partial charge < -0.3 is 30.2 Å². The molecule has 2 aromatic heterocycles. The van der Waals surface area contributed by atoms with E-state index in [4.69, 9.17) is 4.42 Å². The molecule has 12 heteroatoms. The number of nitriles is 1. The van der Waals surface area contributed by atoms with Crippen molar-refractivity contribution in [1.82, 2.24) is 20.1 Å². The number of rotatable bonds is 10. The first-order valence-corrected chi connectivity index (χ1v) is 16.4. The van der Waals surface area contributed by atoms with Crippen LogP contribution in [0.2, 0.25) is 0 Å². The Kier molecular flexibility index (Phi) is 9.99. The van der Waals surface area contributed by atoms with Crippen LogP contribution in [0.3, 0.4) is 0 Å². The summed E-state index contributed by atoms with van der Waals surface area (Å²) in [5.74, 6) is -0.667. The highest BCUT2D eigenvalue weighted by Gasteiger charge is 2.32. The van der Waals surface area contributed by atoms with Crippen molar-refractivity contribution in [2.75, 3.05) is 36.8 Å². The van der Waals surface area contributed by atoms with E-state index in [0.717, 1.165) is 30.4 Å². The molecule has 0 spiro atoms. The minimum atomic E-state index is -0.802. The molecule has 0 radical (unpaired) electrons. The van der Waals surface area contributed by atoms with Gasteiger partial charge in [0.1, 0.15) is 34.8 Å². The number of nitrogens with zero attached hydrogens (tertiary/aromatic N) is 4. The first kappa shape index (κ1) is 33.0. The van der Waals surface area contributed by atoms with Crippen LogP contribution in [0, 0.1) is 18.3 Å². The van der Waals surface area contributed by atoms with Crippen molar-refractivity contribution >= 4 is 45.8 Å². The monoisotopic (exact) mass is 659 g/mol. The molecule has 2 aliphatic heterocycles. The van der Waals surface area contributed by atoms with Crippen LogP contribution >= 0.6 is 0 Å². The van der Waals surface area contributed by atoms with E-state index in [2.05, 4.69) is 20.9 Å². The molecular formula is C37H37N7O5. The molecule has 12 nitrogen and oxygen atoms in total. The topological polar surface area (TPSA) is 161 Å². The Balaban J connectivity index is 1.31. The van der Waals surface area contributed by atoms with Gasteiger partial charge in [-0.3, -0.25) is 24.2 Å². The minimum absolute atomic E-state index is 0.0159. The predicted octanol–water partition coefficient (Wildman–Crippen LogP) is 5.01. The van der Waals surface area contributed by atoms with Gasteiger partial charge in [-0.2, -0.15) is 5.26 Å². The van der Waals surface area contributed by atoms with Crippen molar-refractivity contribution in [2.45, 2.75) is 45.1 Å². The number of aryl methyl sites for hydroxylation is 1. The highest BCUT2D eigenvalue weighted by atomic mass is 16.3. The largest absolute Gasteiger partial charge is 0.461 e. The third-order valence-electron chi connectivity index (χ3n) is 8.69. The third kappa shape index (κ3) is 7.79. The van der Waals surface area contributed by atoms with Crippen molar-refractivity contribution in [3.05, 3.63) is 101 Å². The smallest absolute Gasteiger partial charge is 0.255 e. The molecule has 2 aliphatic rings. The molecule has 0 aliphatic carbocycles. The number of nitrogens with one attached hydrogen (secondary N) is 3. The molecule has 0 unspecified atom stereocenters. The van der Waals surface area contributed by atoms with E-state index in [1.807, 2.05) is 25.1 Å². The van der Waals surface area contributed by atoms with Gasteiger partial charge in [0, 0.05) is 48.0 Å². The number of allylic oxidation sites excluding steroid dienone is 1. The number of ketones is 1. The van der Waals surface area contributed by atoms with E-state index in [1.165, 1.54) is 18.3 Å². The lowest BCUT2D eigenvalue weighted by Crippen LogP contribution is -2.49. The summed E-state index contributed by atoms with van der Waals surface area (Å²) in [6, 6.07) is 18.0. The first-order valence-electron chi connectivity index (χ1n) is 16.4. The summed E-state index contributed by atoms with van der Waals surface area (Å²) in [5, 5.41) is 20.4. The molecule has 49 heavy (non-hydrogen) atoms. The summed E-state index contributed by atoms with van der Waals surface area (Å²) in [5.41, 5.74) is 1.78. The molecule has 4 heterocycles. The van der Waals surface area contributed by atoms with Gasteiger partial charge in [-0.1, -0.05) is 12.1 Å². The van der Waals surface area contributed by atoms with Crippen LogP contribution in [-0.2, 0) is 9.59 Å². The maximum atomic E-state index is 14.0. The van der Waals surface area contributed by atoms with Crippen molar-refractivity contribution in [1.29, 1.82) is 5.26 Å². The van der Waals surface area contributed by atoms with Gasteiger partial charge in [0.05, 0.1) is 18.4 Å². The summed E-state index contributed by atoms with van der Waals surface area (Å²) in [6.07, 6.45) is 6.87. The SMILES string of the molecule is Cc1cc2cc(N/C(N[C@H]3CCCCN(CC(=O)N4CCCC4)C3=O)=C(/C#N)C(=O)c3cccc(C(=O)Nc4cccnc4)c3)ccc2o1. The van der Waals surface area contributed by atoms with E-state index in [1.54, 1.807) is 52.4 Å². The van der Waals surface area contributed by atoms with Gasteiger partial charge in [0.25, 0.3) is 5.91 Å². The number of pyridine rings is 1. The number of carbonyl (C=O) groups is 4. The second-order valence-corrected chi connectivity index (χ2v) is 12.2. The molecule has 2 fully saturated rings. The van der Waals surface area contributed by atoms with Gasteiger partial charge in [0.15, 0.2) is 0 Å². The molecule has 3 N–H and O–H groups in total. The highest BCUT2D eigenvalue weighted by molar-refractivity contribution is 6.14. The number of Topliss-reactive ketones (excluding diaryl/α,β-unsaturated/α-hetero) is 1. The molecule has 6 rings (SSSR count). The maximum Gasteiger partial charge on any atom is 0.255 e. The van der Waals surface area contributed by atoms with Gasteiger partial charge in [-0.15, -0.1) is 0 Å². The number of aromatic nitrogens is 1. The molecule has 0 bridgehead atoms. The Morgan fingerprint density at radius 1 is 0.939 bits per heavy atom. The average Bonchev–Trinajstić information content (AvgIpc) is 3.75. The molecular weight excluding hydrogens is 622 g/mol. The number of hydrogen-bond donors (Lipinski definition) is 3. The van der Waals surface area contributed by atoms with Crippen LogP contribution in [0.15, 0.2) is 88.9 Å². The van der Waals surface area contributed by atoms with E-state index >= 15 is 0 Å². The Morgan fingerprint density at radius 3 is 2.51 bits per heavy atom. The molecule has 0 saturated carbocycles. The molecule has 250 valence electrons. The Hall–Kier alpha value is -5.96. The minimum Gasteiger partial charge on any atom is -0.461 e. The van der Waals surface area contributed by atoms with Crippen LogP contribution in [0.5, 0.6) is 0 Å². The number of anilines is 2. The van der Waals surface area contributed by atoms with E-state index < -0.39 is 17.7 Å². The van der Waals surface area contributed by atoms with Crippen molar-refractivity contribution in [2.24, 2.45) is 0 Å². The van der Waals surface area contributed by atoms with Crippen molar-refractivity contribution in [3.63, 3.8) is 0 Å². The summed E-state index contributed by atoms with van der Waals surface area (Å²) in [7, 11) is 0. The number of hydrogen-bond acceptors (Lipinski definition) is 9. The van der Waals surface area contributed by atoms with Gasteiger partial charge in [-0.05, 0) is 87.6 Å². The number of amides is 3. The zero-order chi connectivity index (χ0) is 34.3. The fourth-order valence-corrected chi connectivity index (χ4v) is 6.18. The molecule has 1 atom stereocenters. The average molecular weight is 660 g/mol. The molecule has 4 aromatic rings. The summed E-state index contributed by atoms with van der Waals surface area (Å²) < 4.78 is 5.71. The fourth-order valence-electron chi connectivity index (χ4n) is 6.18. The number of likely N-dealkylation sites (tertiary alicyclic amines) is 2. The Labute approximate surface area is 283 Å². The Bertz CT molecular complexity index is 1960. The van der Waals surface area contributed by atoms with Gasteiger partial charge in [0.2, 0.25) is 17.6 Å².